The SMILES string of the molecule is Cc1noc(C)c1-c1cc(C#N)ccc1C(=N)OC(=N)NC1N=C(c2ccccc2)c2ccccc2NC1=O. The van der Waals surface area contributed by atoms with Crippen LogP contribution in [0.25, 0.3) is 11.1 Å². The maximum absolute atomic E-state index is 13.1. The lowest BCUT2D eigenvalue weighted by molar-refractivity contribution is -0.117. The highest BCUT2D eigenvalue weighted by atomic mass is 16.5. The molecule has 0 saturated heterocycles. The maximum atomic E-state index is 13.1. The Morgan fingerprint density at radius 3 is 2.51 bits per heavy atom. The van der Waals surface area contributed by atoms with E-state index in [1.807, 2.05) is 48.5 Å². The average Bonchev–Trinajstić information content (AvgIpc) is 3.21. The van der Waals surface area contributed by atoms with Crippen LogP contribution in [0.5, 0.6) is 0 Å². The molecule has 1 aliphatic rings. The number of ether oxygens (including phenoxy) is 1. The lowest BCUT2D eigenvalue weighted by Crippen LogP contribution is -2.43. The van der Waals surface area contributed by atoms with E-state index in [9.17, 15) is 10.1 Å². The summed E-state index contributed by atoms with van der Waals surface area (Å²) in [7, 11) is 0. The van der Waals surface area contributed by atoms with Crippen LogP contribution >= 0.6 is 0 Å². The van der Waals surface area contributed by atoms with Gasteiger partial charge in [0.1, 0.15) is 5.76 Å². The Bertz CT molecular complexity index is 1660. The van der Waals surface area contributed by atoms with Crippen molar-refractivity contribution in [3.63, 3.8) is 0 Å². The molecule has 2 heterocycles. The van der Waals surface area contributed by atoms with Crippen LogP contribution in [-0.4, -0.2) is 34.9 Å². The fourth-order valence-electron chi connectivity index (χ4n) is 4.38. The maximum Gasteiger partial charge on any atom is 0.290 e. The quantitative estimate of drug-likeness (QED) is 0.230. The summed E-state index contributed by atoms with van der Waals surface area (Å²) < 4.78 is 10.8. The molecule has 5 rings (SSSR count). The van der Waals surface area contributed by atoms with Gasteiger partial charge in [-0.3, -0.25) is 15.6 Å². The van der Waals surface area contributed by atoms with Crippen molar-refractivity contribution in [3.05, 3.63) is 107 Å². The summed E-state index contributed by atoms with van der Waals surface area (Å²) in [6.45, 7) is 3.49. The zero-order chi connectivity index (χ0) is 27.5. The number of carbonyl (C=O) groups excluding carboxylic acids is 1. The van der Waals surface area contributed by atoms with Crippen LogP contribution in [-0.2, 0) is 9.53 Å². The first-order valence-electron chi connectivity index (χ1n) is 12.0. The second-order valence-electron chi connectivity index (χ2n) is 8.76. The molecule has 1 aliphatic heterocycles. The third-order valence-corrected chi connectivity index (χ3v) is 6.16. The van der Waals surface area contributed by atoms with E-state index in [0.717, 1.165) is 11.1 Å². The molecule has 192 valence electrons. The van der Waals surface area contributed by atoms with Gasteiger partial charge in [0.2, 0.25) is 12.1 Å². The molecular formula is C29H23N7O3. The largest absolute Gasteiger partial charge is 0.407 e. The molecule has 0 bridgehead atoms. The molecule has 1 aromatic heterocycles. The molecule has 0 radical (unpaired) electrons. The standard InChI is InChI=1S/C29H23N7O3/c1-16-24(17(2)39-36-16)22-14-18(15-30)12-13-20(22)26(31)38-29(32)35-27-28(37)33-23-11-7-6-10-21(23)25(34-27)19-8-4-3-5-9-19/h3-14,27,31H,1-2H3,(H2,32,35)(H,33,37). The zero-order valence-corrected chi connectivity index (χ0v) is 21.1. The van der Waals surface area contributed by atoms with Crippen molar-refractivity contribution in [2.75, 3.05) is 5.32 Å². The summed E-state index contributed by atoms with van der Waals surface area (Å²) >= 11 is 0. The second kappa shape index (κ2) is 10.4. The number of hydrogen-bond donors (Lipinski definition) is 4. The third-order valence-electron chi connectivity index (χ3n) is 6.16. The van der Waals surface area contributed by atoms with Gasteiger partial charge in [-0.15, -0.1) is 0 Å². The Hall–Kier alpha value is -5.56. The Morgan fingerprint density at radius 2 is 1.79 bits per heavy atom. The summed E-state index contributed by atoms with van der Waals surface area (Å²) in [6, 6.07) is 23.0. The molecule has 0 spiro atoms. The van der Waals surface area contributed by atoms with Gasteiger partial charge in [0.15, 0.2) is 0 Å². The van der Waals surface area contributed by atoms with Crippen molar-refractivity contribution in [3.8, 4) is 17.2 Å². The van der Waals surface area contributed by atoms with Gasteiger partial charge >= 0.3 is 0 Å². The van der Waals surface area contributed by atoms with Crippen molar-refractivity contribution in [2.24, 2.45) is 4.99 Å². The zero-order valence-electron chi connectivity index (χ0n) is 21.1. The van der Waals surface area contributed by atoms with Gasteiger partial charge in [-0.05, 0) is 38.1 Å². The average molecular weight is 518 g/mol. The molecule has 1 atom stereocenters. The lowest BCUT2D eigenvalue weighted by Gasteiger charge is -2.17. The Morgan fingerprint density at radius 1 is 1.05 bits per heavy atom. The smallest absolute Gasteiger partial charge is 0.290 e. The number of aliphatic imine (C=N–C) groups is 1. The number of carbonyl (C=O) groups is 1. The van der Waals surface area contributed by atoms with E-state index >= 15 is 0 Å². The van der Waals surface area contributed by atoms with E-state index in [4.69, 9.17) is 20.1 Å². The highest BCUT2D eigenvalue weighted by Crippen LogP contribution is 2.31. The fraction of sp³-hybridized carbons (Fsp3) is 0.103. The molecule has 1 amide bonds. The van der Waals surface area contributed by atoms with Gasteiger partial charge in [-0.1, -0.05) is 53.7 Å². The van der Waals surface area contributed by atoms with Gasteiger partial charge < -0.3 is 19.9 Å². The lowest BCUT2D eigenvalue weighted by atomic mass is 9.96. The number of anilines is 1. The minimum Gasteiger partial charge on any atom is -0.407 e. The third kappa shape index (κ3) is 5.01. The molecule has 39 heavy (non-hydrogen) atoms. The highest BCUT2D eigenvalue weighted by Gasteiger charge is 2.27. The van der Waals surface area contributed by atoms with E-state index in [1.165, 1.54) is 0 Å². The number of benzene rings is 3. The number of aromatic nitrogens is 1. The molecule has 4 aromatic rings. The van der Waals surface area contributed by atoms with E-state index < -0.39 is 18.1 Å². The first-order chi connectivity index (χ1) is 18.9. The predicted octanol–water partition coefficient (Wildman–Crippen LogP) is 4.51. The number of aryl methyl sites for hydroxylation is 2. The predicted molar refractivity (Wildman–Crippen MR) is 146 cm³/mol. The molecular weight excluding hydrogens is 494 g/mol. The summed E-state index contributed by atoms with van der Waals surface area (Å²) in [5, 5.41) is 35.9. The Labute approximate surface area is 224 Å². The molecule has 10 heteroatoms. The number of amides is 1. The summed E-state index contributed by atoms with van der Waals surface area (Å²) in [6.07, 6.45) is -1.20. The first kappa shape index (κ1) is 25.1. The minimum absolute atomic E-state index is 0.321. The molecule has 10 nitrogen and oxygen atoms in total. The second-order valence-corrected chi connectivity index (χ2v) is 8.76. The molecule has 0 fully saturated rings. The van der Waals surface area contributed by atoms with Crippen LogP contribution in [0.1, 0.15) is 33.7 Å². The minimum atomic E-state index is -1.20. The van der Waals surface area contributed by atoms with E-state index in [0.29, 0.717) is 45.1 Å². The number of rotatable bonds is 4. The van der Waals surface area contributed by atoms with Crippen LogP contribution in [0.3, 0.4) is 0 Å². The van der Waals surface area contributed by atoms with Crippen LogP contribution in [0.15, 0.2) is 82.3 Å². The highest BCUT2D eigenvalue weighted by molar-refractivity contribution is 6.20. The van der Waals surface area contributed by atoms with Crippen LogP contribution in [0.4, 0.5) is 5.69 Å². The van der Waals surface area contributed by atoms with Gasteiger partial charge in [-0.25, -0.2) is 4.99 Å². The fourth-order valence-corrected chi connectivity index (χ4v) is 4.38. The number of benzodiazepines with no additional fused rings is 1. The molecule has 3 aromatic carbocycles. The van der Waals surface area contributed by atoms with Gasteiger partial charge in [0.25, 0.3) is 11.9 Å². The van der Waals surface area contributed by atoms with Crippen molar-refractivity contribution in [1.29, 1.82) is 16.1 Å². The van der Waals surface area contributed by atoms with Crippen molar-refractivity contribution >= 4 is 29.2 Å². The Balaban J connectivity index is 1.43. The number of amidine groups is 1. The van der Waals surface area contributed by atoms with Crippen molar-refractivity contribution in [1.82, 2.24) is 10.5 Å². The molecule has 4 N–H and O–H groups in total. The van der Waals surface area contributed by atoms with Crippen molar-refractivity contribution < 1.29 is 14.1 Å². The molecule has 1 unspecified atom stereocenters. The van der Waals surface area contributed by atoms with Gasteiger partial charge in [0.05, 0.1) is 28.7 Å². The summed E-state index contributed by atoms with van der Waals surface area (Å²) in [4.78, 5) is 17.7. The number of nitrogens with zero attached hydrogens (tertiary/aromatic N) is 3. The number of nitrogens with one attached hydrogen (secondary N) is 4. The number of fused-ring (bicyclic) bond motifs is 1. The van der Waals surface area contributed by atoms with Gasteiger partial charge in [-0.2, -0.15) is 5.26 Å². The number of nitriles is 1. The van der Waals surface area contributed by atoms with E-state index in [2.05, 4.69) is 26.9 Å². The van der Waals surface area contributed by atoms with Crippen LogP contribution in [0.2, 0.25) is 0 Å². The number of hydrogen-bond acceptors (Lipinski definition) is 8. The van der Waals surface area contributed by atoms with E-state index in [1.54, 1.807) is 38.1 Å². The van der Waals surface area contributed by atoms with E-state index in [-0.39, 0.29) is 5.90 Å². The topological polar surface area (TPSA) is 160 Å². The van der Waals surface area contributed by atoms with Crippen LogP contribution in [0, 0.1) is 36.0 Å². The molecule has 0 aliphatic carbocycles. The Kier molecular flexibility index (Phi) is 6.72. The summed E-state index contributed by atoms with van der Waals surface area (Å²) in [5.41, 5.74) is 5.13. The van der Waals surface area contributed by atoms with Crippen LogP contribution < -0.4 is 10.6 Å². The number of para-hydroxylation sites is 1. The summed E-state index contributed by atoms with van der Waals surface area (Å²) in [5.74, 6) is -0.332. The van der Waals surface area contributed by atoms with Gasteiger partial charge in [0, 0.05) is 27.8 Å². The monoisotopic (exact) mass is 517 g/mol. The molecule has 0 saturated carbocycles. The normalized spacial score (nSPS) is 14.2. The first-order valence-corrected chi connectivity index (χ1v) is 12.0. The van der Waals surface area contributed by atoms with Crippen molar-refractivity contribution in [2.45, 2.75) is 20.0 Å².